The molecule has 0 radical (unpaired) electrons. The number of hydrogen-bond donors (Lipinski definition) is 0. The van der Waals surface area contributed by atoms with Gasteiger partial charge in [0.05, 0.1) is 19.3 Å². The summed E-state index contributed by atoms with van der Waals surface area (Å²) in [6.07, 6.45) is -8.89. The highest BCUT2D eigenvalue weighted by atomic mass is 19.4. The molecular weight excluding hydrogens is 454 g/mol. The number of hydrogen-bond acceptors (Lipinski definition) is 4. The molecule has 0 aliphatic rings. The maximum Gasteiger partial charge on any atom is 0.573 e. The lowest BCUT2D eigenvalue weighted by atomic mass is 10.1. The molecule has 0 unspecified atom stereocenters. The van der Waals surface area contributed by atoms with Gasteiger partial charge in [0, 0.05) is 17.7 Å². The first kappa shape index (κ1) is 24.4. The van der Waals surface area contributed by atoms with E-state index in [0.717, 1.165) is 16.7 Å². The number of nitrogens with zero attached hydrogens (tertiary/aromatic N) is 2. The van der Waals surface area contributed by atoms with Crippen LogP contribution in [0.4, 0.5) is 26.3 Å². The third-order valence-corrected chi connectivity index (χ3v) is 4.48. The molecule has 2 aromatic carbocycles. The predicted octanol–water partition coefficient (Wildman–Crippen LogP) is 5.93. The Morgan fingerprint density at radius 1 is 0.909 bits per heavy atom. The molecule has 0 spiro atoms. The summed E-state index contributed by atoms with van der Waals surface area (Å²) >= 11 is 0. The first-order chi connectivity index (χ1) is 15.6. The molecule has 0 atom stereocenters. The molecule has 1 heterocycles. The molecule has 0 bridgehead atoms. The van der Waals surface area contributed by atoms with Gasteiger partial charge in [0.25, 0.3) is 0 Å². The highest BCUT2D eigenvalue weighted by molar-refractivity contribution is 5.58. The van der Waals surface area contributed by atoms with Crippen LogP contribution in [0.5, 0.6) is 11.5 Å². The van der Waals surface area contributed by atoms with E-state index in [1.807, 2.05) is 6.92 Å². The second kappa shape index (κ2) is 10.2. The van der Waals surface area contributed by atoms with Crippen LogP contribution in [0, 0.1) is 0 Å². The van der Waals surface area contributed by atoms with Gasteiger partial charge in [0.1, 0.15) is 29.6 Å². The monoisotopic (exact) mass is 474 g/mol. The first-order valence-corrected chi connectivity index (χ1v) is 9.86. The van der Waals surface area contributed by atoms with Crippen LogP contribution >= 0.6 is 0 Å². The Kier molecular flexibility index (Phi) is 7.52. The normalized spacial score (nSPS) is 12.1. The van der Waals surface area contributed by atoms with Crippen LogP contribution in [0.1, 0.15) is 18.2 Å². The average molecular weight is 474 g/mol. The summed E-state index contributed by atoms with van der Waals surface area (Å²) in [6.45, 7) is 2.64. The summed E-state index contributed by atoms with van der Waals surface area (Å²) in [5, 5.41) is 0. The van der Waals surface area contributed by atoms with Crippen LogP contribution in [0.15, 0.2) is 54.7 Å². The molecule has 5 nitrogen and oxygen atoms in total. The molecule has 0 amide bonds. The van der Waals surface area contributed by atoms with Gasteiger partial charge < -0.3 is 18.8 Å². The van der Waals surface area contributed by atoms with Gasteiger partial charge in [-0.05, 0) is 37.3 Å². The van der Waals surface area contributed by atoms with Crippen molar-refractivity contribution in [2.45, 2.75) is 26.0 Å². The Morgan fingerprint density at radius 3 is 2.24 bits per heavy atom. The van der Waals surface area contributed by atoms with E-state index in [0.29, 0.717) is 30.7 Å². The predicted molar refractivity (Wildman–Crippen MR) is 107 cm³/mol. The maximum absolute atomic E-state index is 13.7. The third-order valence-electron chi connectivity index (χ3n) is 4.48. The van der Waals surface area contributed by atoms with Gasteiger partial charge in [0.2, 0.25) is 0 Å². The molecule has 1 aromatic heterocycles. The largest absolute Gasteiger partial charge is 0.573 e. The average Bonchev–Trinajstić information content (AvgIpc) is 3.16. The van der Waals surface area contributed by atoms with Crippen molar-refractivity contribution in [1.82, 2.24) is 9.55 Å². The van der Waals surface area contributed by atoms with Crippen molar-refractivity contribution < 1.29 is 40.6 Å². The lowest BCUT2D eigenvalue weighted by molar-refractivity contribution is -0.274. The van der Waals surface area contributed by atoms with Crippen LogP contribution in [-0.2, 0) is 17.5 Å². The van der Waals surface area contributed by atoms with E-state index in [2.05, 4.69) is 9.72 Å². The zero-order valence-electron chi connectivity index (χ0n) is 17.4. The van der Waals surface area contributed by atoms with E-state index in [1.54, 1.807) is 24.3 Å². The van der Waals surface area contributed by atoms with Crippen molar-refractivity contribution in [3.63, 3.8) is 0 Å². The number of imidazole rings is 1. The Bertz CT molecular complexity index is 1050. The highest BCUT2D eigenvalue weighted by Crippen LogP contribution is 2.35. The maximum atomic E-state index is 13.7. The van der Waals surface area contributed by atoms with Crippen LogP contribution in [0.2, 0.25) is 0 Å². The van der Waals surface area contributed by atoms with Gasteiger partial charge in [-0.1, -0.05) is 18.2 Å². The van der Waals surface area contributed by atoms with Gasteiger partial charge >= 0.3 is 12.5 Å². The summed E-state index contributed by atoms with van der Waals surface area (Å²) in [7, 11) is 0. The number of benzene rings is 2. The third kappa shape index (κ3) is 6.64. The van der Waals surface area contributed by atoms with Gasteiger partial charge in [-0.3, -0.25) is 0 Å². The van der Waals surface area contributed by atoms with Crippen molar-refractivity contribution >= 4 is 0 Å². The number of aromatic nitrogens is 2. The quantitative estimate of drug-likeness (QED) is 0.285. The number of alkyl halides is 6. The molecule has 0 saturated heterocycles. The zero-order valence-corrected chi connectivity index (χ0v) is 17.4. The van der Waals surface area contributed by atoms with Gasteiger partial charge in [-0.2, -0.15) is 13.2 Å². The van der Waals surface area contributed by atoms with Crippen molar-refractivity contribution in [2.24, 2.45) is 0 Å². The minimum atomic E-state index is -4.88. The van der Waals surface area contributed by atoms with E-state index in [9.17, 15) is 26.3 Å². The smallest absolute Gasteiger partial charge is 0.491 e. The minimum absolute atomic E-state index is 0.0648. The second-order valence-electron chi connectivity index (χ2n) is 6.78. The lowest BCUT2D eigenvalue weighted by Crippen LogP contribution is -2.17. The Hall–Kier alpha value is -3.21. The molecule has 33 heavy (non-hydrogen) atoms. The van der Waals surface area contributed by atoms with E-state index >= 15 is 0 Å². The van der Waals surface area contributed by atoms with Gasteiger partial charge in [-0.25, -0.2) is 4.98 Å². The van der Waals surface area contributed by atoms with Crippen molar-refractivity contribution in [3.05, 3.63) is 66.0 Å². The fourth-order valence-electron chi connectivity index (χ4n) is 3.10. The van der Waals surface area contributed by atoms with E-state index in [1.165, 1.54) is 12.1 Å². The summed E-state index contributed by atoms with van der Waals surface area (Å²) in [4.78, 5) is 3.89. The van der Waals surface area contributed by atoms with E-state index < -0.39 is 24.0 Å². The molecule has 3 rings (SSSR count). The van der Waals surface area contributed by atoms with E-state index in [-0.39, 0.29) is 24.5 Å². The Balaban J connectivity index is 1.93. The van der Waals surface area contributed by atoms with Gasteiger partial charge in [0.15, 0.2) is 0 Å². The second-order valence-corrected chi connectivity index (χ2v) is 6.78. The standard InChI is InChI=1S/C22H20F6N2O3/c1-2-31-11-12-32-18-6-4-3-5-16(18)14-30-19(21(23,24)25)13-29-20(30)15-7-9-17(10-8-15)33-22(26,27)28/h3-10,13H,2,11-12,14H2,1H3. The SMILES string of the molecule is CCOCCOc1ccccc1Cn1c(C(F)(F)F)cnc1-c1ccc(OC(F)(F)F)cc1. The molecular formula is C22H20F6N2O3. The number of para-hydroxylation sites is 1. The van der Waals surface area contributed by atoms with Crippen LogP contribution in [-0.4, -0.2) is 35.7 Å². The molecule has 0 aliphatic heterocycles. The van der Waals surface area contributed by atoms with Crippen LogP contribution in [0.25, 0.3) is 11.4 Å². The molecule has 0 aliphatic carbocycles. The van der Waals surface area contributed by atoms with Crippen LogP contribution in [0.3, 0.4) is 0 Å². The number of rotatable bonds is 9. The molecule has 178 valence electrons. The van der Waals surface area contributed by atoms with Crippen molar-refractivity contribution in [1.29, 1.82) is 0 Å². The summed E-state index contributed by atoms with van der Waals surface area (Å²) < 4.78 is 93.8. The summed E-state index contributed by atoms with van der Waals surface area (Å²) in [5.41, 5.74) is -0.345. The topological polar surface area (TPSA) is 45.5 Å². The number of ether oxygens (including phenoxy) is 3. The van der Waals surface area contributed by atoms with Crippen molar-refractivity contribution in [3.8, 4) is 22.9 Å². The molecule has 3 aromatic rings. The molecule has 11 heteroatoms. The summed E-state index contributed by atoms with van der Waals surface area (Å²) in [6, 6.07) is 11.1. The Morgan fingerprint density at radius 2 is 1.61 bits per heavy atom. The first-order valence-electron chi connectivity index (χ1n) is 9.86. The highest BCUT2D eigenvalue weighted by Gasteiger charge is 2.36. The van der Waals surface area contributed by atoms with Gasteiger partial charge in [-0.15, -0.1) is 13.2 Å². The molecule has 0 fully saturated rings. The fourth-order valence-corrected chi connectivity index (χ4v) is 3.10. The van der Waals surface area contributed by atoms with E-state index in [4.69, 9.17) is 9.47 Å². The fraction of sp³-hybridized carbons (Fsp3) is 0.318. The minimum Gasteiger partial charge on any atom is -0.491 e. The summed E-state index contributed by atoms with van der Waals surface area (Å²) in [5.74, 6) is -0.169. The zero-order chi connectivity index (χ0) is 24.1. The van der Waals surface area contributed by atoms with Crippen LogP contribution < -0.4 is 9.47 Å². The van der Waals surface area contributed by atoms with Crippen molar-refractivity contribution in [2.75, 3.05) is 19.8 Å². The molecule has 0 saturated carbocycles. The Labute approximate surface area is 185 Å². The lowest BCUT2D eigenvalue weighted by Gasteiger charge is -2.17. The number of halogens is 6. The molecule has 0 N–H and O–H groups in total.